The van der Waals surface area contributed by atoms with E-state index in [1.807, 2.05) is 24.4 Å². The van der Waals surface area contributed by atoms with Crippen molar-refractivity contribution >= 4 is 28.2 Å². The van der Waals surface area contributed by atoms with Gasteiger partial charge in [0, 0.05) is 17.6 Å². The minimum atomic E-state index is 0.517. The van der Waals surface area contributed by atoms with E-state index in [0.717, 1.165) is 28.9 Å². The van der Waals surface area contributed by atoms with Crippen LogP contribution >= 0.6 is 11.6 Å². The zero-order valence-electron chi connectivity index (χ0n) is 15.4. The topological polar surface area (TPSA) is 37.8 Å². The fourth-order valence-corrected chi connectivity index (χ4v) is 3.96. The first kappa shape index (κ1) is 18.0. The van der Waals surface area contributed by atoms with Crippen molar-refractivity contribution in [3.8, 4) is 0 Å². The Balaban J connectivity index is 1.65. The van der Waals surface area contributed by atoms with E-state index in [1.54, 1.807) is 0 Å². The summed E-state index contributed by atoms with van der Waals surface area (Å²) in [6, 6.07) is 14.8. The number of fused-ring (bicyclic) bond motifs is 1. The first-order valence-electron chi connectivity index (χ1n) is 9.64. The molecule has 4 rings (SSSR count). The molecule has 27 heavy (non-hydrogen) atoms. The van der Waals surface area contributed by atoms with E-state index in [1.165, 1.54) is 43.1 Å². The molecule has 1 saturated carbocycles. The average molecular weight is 378 g/mol. The zero-order valence-corrected chi connectivity index (χ0v) is 16.2. The maximum Gasteiger partial charge on any atom is 0.129 e. The lowest BCUT2D eigenvalue weighted by Gasteiger charge is -2.25. The van der Waals surface area contributed by atoms with Gasteiger partial charge in [0.2, 0.25) is 0 Å². The molecule has 0 saturated heterocycles. The summed E-state index contributed by atoms with van der Waals surface area (Å²) in [5.74, 6) is 0. The third-order valence-corrected chi connectivity index (χ3v) is 5.50. The van der Waals surface area contributed by atoms with Crippen molar-refractivity contribution in [1.29, 1.82) is 0 Å². The number of hydrogen-bond acceptors (Lipinski definition) is 3. The van der Waals surface area contributed by atoms with Gasteiger partial charge < -0.3 is 5.32 Å². The Kier molecular flexibility index (Phi) is 5.40. The molecule has 0 bridgehead atoms. The summed E-state index contributed by atoms with van der Waals surface area (Å²) in [6.07, 6.45) is 9.00. The van der Waals surface area contributed by atoms with E-state index in [-0.39, 0.29) is 0 Å². The Morgan fingerprint density at radius 1 is 1.11 bits per heavy atom. The summed E-state index contributed by atoms with van der Waals surface area (Å²) < 4.78 is 0. The highest BCUT2D eigenvalue weighted by Crippen LogP contribution is 2.25. The van der Waals surface area contributed by atoms with Crippen molar-refractivity contribution in [3.05, 3.63) is 77.2 Å². The van der Waals surface area contributed by atoms with Crippen molar-refractivity contribution in [1.82, 2.24) is 15.3 Å². The van der Waals surface area contributed by atoms with Gasteiger partial charge in [0.25, 0.3) is 0 Å². The van der Waals surface area contributed by atoms with Crippen LogP contribution < -0.4 is 5.32 Å². The summed E-state index contributed by atoms with van der Waals surface area (Å²) in [6.45, 7) is 4.28. The molecule has 1 fully saturated rings. The Morgan fingerprint density at radius 3 is 2.70 bits per heavy atom. The number of nitrogens with zero attached hydrogens (tertiary/aromatic N) is 2. The number of aromatic nitrogens is 2. The lowest BCUT2D eigenvalue weighted by atomic mass is 9.95. The predicted molar refractivity (Wildman–Crippen MR) is 113 cm³/mol. The van der Waals surface area contributed by atoms with Gasteiger partial charge in [0.1, 0.15) is 5.15 Å². The van der Waals surface area contributed by atoms with Crippen LogP contribution in [0.5, 0.6) is 0 Å². The lowest BCUT2D eigenvalue weighted by molar-refractivity contribution is 0.409. The van der Waals surface area contributed by atoms with Crippen molar-refractivity contribution < 1.29 is 0 Å². The minimum absolute atomic E-state index is 0.517. The van der Waals surface area contributed by atoms with Crippen LogP contribution in [-0.4, -0.2) is 16.0 Å². The number of hydrogen-bond donors (Lipinski definition) is 1. The molecule has 1 aliphatic rings. The molecule has 1 aromatic carbocycles. The second-order valence-electron chi connectivity index (χ2n) is 7.31. The predicted octanol–water partition coefficient (Wildman–Crippen LogP) is 5.77. The molecular weight excluding hydrogens is 354 g/mol. The first-order chi connectivity index (χ1) is 13.2. The van der Waals surface area contributed by atoms with Gasteiger partial charge in [-0.1, -0.05) is 61.7 Å². The third-order valence-electron chi connectivity index (χ3n) is 5.28. The van der Waals surface area contributed by atoms with Crippen molar-refractivity contribution in [3.63, 3.8) is 0 Å². The second kappa shape index (κ2) is 8.10. The molecule has 138 valence electrons. The maximum atomic E-state index is 5.93. The SMILES string of the molecule is C=C(NC1CCCCC1)c1cc(Cc2ccc(Cl)nc2)c2ccccc2n1. The number of nitrogens with one attached hydrogen (secondary N) is 1. The van der Waals surface area contributed by atoms with Crippen LogP contribution in [-0.2, 0) is 6.42 Å². The zero-order chi connectivity index (χ0) is 18.6. The molecular formula is C23H24ClN3. The normalized spacial score (nSPS) is 15.0. The van der Waals surface area contributed by atoms with E-state index >= 15 is 0 Å². The Hall–Kier alpha value is -2.39. The number of benzene rings is 1. The van der Waals surface area contributed by atoms with E-state index in [0.29, 0.717) is 11.2 Å². The number of halogens is 1. The number of para-hydroxylation sites is 1. The molecule has 0 unspecified atom stereocenters. The van der Waals surface area contributed by atoms with Gasteiger partial charge in [-0.2, -0.15) is 0 Å². The van der Waals surface area contributed by atoms with Crippen LogP contribution in [0.1, 0.15) is 48.9 Å². The average Bonchev–Trinajstić information content (AvgIpc) is 2.70. The van der Waals surface area contributed by atoms with Gasteiger partial charge >= 0.3 is 0 Å². The highest BCUT2D eigenvalue weighted by atomic mass is 35.5. The molecule has 4 heteroatoms. The van der Waals surface area contributed by atoms with Gasteiger partial charge in [-0.25, -0.2) is 9.97 Å². The van der Waals surface area contributed by atoms with Crippen LogP contribution in [0.4, 0.5) is 0 Å². The number of pyridine rings is 2. The largest absolute Gasteiger partial charge is 0.381 e. The quantitative estimate of drug-likeness (QED) is 0.574. The monoisotopic (exact) mass is 377 g/mol. The standard InChI is InChI=1S/C23H24ClN3/c1-16(26-19-7-3-2-4-8-19)22-14-18(13-17-11-12-23(24)25-15-17)20-9-5-6-10-21(20)27-22/h5-6,9-12,14-15,19,26H,1-4,7-8,13H2. The van der Waals surface area contributed by atoms with E-state index in [4.69, 9.17) is 16.6 Å². The molecule has 0 amide bonds. The third kappa shape index (κ3) is 4.30. The minimum Gasteiger partial charge on any atom is -0.381 e. The fraction of sp³-hybridized carbons (Fsp3) is 0.304. The molecule has 0 aliphatic heterocycles. The summed E-state index contributed by atoms with van der Waals surface area (Å²) in [5.41, 5.74) is 5.21. The van der Waals surface area contributed by atoms with Gasteiger partial charge in [0.15, 0.2) is 0 Å². The van der Waals surface area contributed by atoms with Crippen LogP contribution in [0.3, 0.4) is 0 Å². The molecule has 3 nitrogen and oxygen atoms in total. The van der Waals surface area contributed by atoms with Crippen LogP contribution in [0.25, 0.3) is 16.6 Å². The van der Waals surface area contributed by atoms with Crippen LogP contribution in [0, 0.1) is 0 Å². The second-order valence-corrected chi connectivity index (χ2v) is 7.69. The van der Waals surface area contributed by atoms with Crippen LogP contribution in [0.15, 0.2) is 55.2 Å². The summed E-state index contributed by atoms with van der Waals surface area (Å²) >= 11 is 5.93. The van der Waals surface area contributed by atoms with Crippen LogP contribution in [0.2, 0.25) is 5.15 Å². The molecule has 1 aliphatic carbocycles. The molecule has 0 spiro atoms. The maximum absolute atomic E-state index is 5.93. The van der Waals surface area contributed by atoms with Crippen molar-refractivity contribution in [2.45, 2.75) is 44.6 Å². The Labute approximate surface area is 165 Å². The highest BCUT2D eigenvalue weighted by Gasteiger charge is 2.15. The first-order valence-corrected chi connectivity index (χ1v) is 10.0. The highest BCUT2D eigenvalue weighted by molar-refractivity contribution is 6.29. The summed E-state index contributed by atoms with van der Waals surface area (Å²) in [4.78, 5) is 9.07. The van der Waals surface area contributed by atoms with Crippen molar-refractivity contribution in [2.75, 3.05) is 0 Å². The van der Waals surface area contributed by atoms with E-state index in [2.05, 4.69) is 41.1 Å². The molecule has 3 aromatic rings. The molecule has 0 radical (unpaired) electrons. The summed E-state index contributed by atoms with van der Waals surface area (Å²) in [7, 11) is 0. The molecule has 1 N–H and O–H groups in total. The van der Waals surface area contributed by atoms with Gasteiger partial charge in [-0.05, 0) is 48.6 Å². The van der Waals surface area contributed by atoms with Gasteiger partial charge in [-0.15, -0.1) is 0 Å². The van der Waals surface area contributed by atoms with Crippen molar-refractivity contribution in [2.24, 2.45) is 0 Å². The summed E-state index contributed by atoms with van der Waals surface area (Å²) in [5, 5.41) is 5.30. The molecule has 0 atom stereocenters. The smallest absolute Gasteiger partial charge is 0.129 e. The van der Waals surface area contributed by atoms with E-state index in [9.17, 15) is 0 Å². The lowest BCUT2D eigenvalue weighted by Crippen LogP contribution is -2.29. The van der Waals surface area contributed by atoms with Gasteiger partial charge in [-0.3, -0.25) is 0 Å². The molecule has 2 heterocycles. The number of rotatable bonds is 5. The Bertz CT molecular complexity index is 943. The Morgan fingerprint density at radius 2 is 1.93 bits per heavy atom. The van der Waals surface area contributed by atoms with E-state index < -0.39 is 0 Å². The van der Waals surface area contributed by atoms with Gasteiger partial charge in [0.05, 0.1) is 16.9 Å². The fourth-order valence-electron chi connectivity index (χ4n) is 3.85. The molecule has 2 aromatic heterocycles.